The molecule has 1 amide bonds. The van der Waals surface area contributed by atoms with E-state index in [2.05, 4.69) is 20.5 Å². The Morgan fingerprint density at radius 3 is 2.83 bits per heavy atom. The summed E-state index contributed by atoms with van der Waals surface area (Å²) in [5.74, 6) is -0.200. The molecule has 0 fully saturated rings. The highest BCUT2D eigenvalue weighted by atomic mass is 16.2. The second-order valence-electron chi connectivity index (χ2n) is 5.41. The zero-order chi connectivity index (χ0) is 15.8. The number of pyridine rings is 1. The van der Waals surface area contributed by atoms with Crippen molar-refractivity contribution < 1.29 is 4.79 Å². The Bertz CT molecular complexity index is 967. The molecule has 4 rings (SSSR count). The number of hydrazone groups is 1. The van der Waals surface area contributed by atoms with Crippen molar-refractivity contribution in [1.29, 1.82) is 0 Å². The van der Waals surface area contributed by atoms with Gasteiger partial charge in [0, 0.05) is 40.1 Å². The second kappa shape index (κ2) is 5.21. The van der Waals surface area contributed by atoms with E-state index in [1.807, 2.05) is 49.4 Å². The summed E-state index contributed by atoms with van der Waals surface area (Å²) in [6, 6.07) is 11.8. The van der Waals surface area contributed by atoms with Gasteiger partial charge in [-0.2, -0.15) is 5.10 Å². The van der Waals surface area contributed by atoms with Gasteiger partial charge in [-0.1, -0.05) is 18.2 Å². The maximum absolute atomic E-state index is 12.2. The van der Waals surface area contributed by atoms with Crippen molar-refractivity contribution in [2.45, 2.75) is 6.92 Å². The van der Waals surface area contributed by atoms with Crippen LogP contribution in [0.5, 0.6) is 0 Å². The first-order valence-electron chi connectivity index (χ1n) is 7.32. The summed E-state index contributed by atoms with van der Waals surface area (Å²) in [4.78, 5) is 19.6. The fourth-order valence-electron chi connectivity index (χ4n) is 2.82. The number of hydrogen-bond acceptors (Lipinski definition) is 3. The molecule has 0 spiro atoms. The van der Waals surface area contributed by atoms with E-state index in [1.165, 1.54) is 0 Å². The van der Waals surface area contributed by atoms with Gasteiger partial charge in [0.05, 0.1) is 5.57 Å². The van der Waals surface area contributed by atoms with Gasteiger partial charge < -0.3 is 4.98 Å². The van der Waals surface area contributed by atoms with Gasteiger partial charge in [0.1, 0.15) is 5.71 Å². The molecule has 112 valence electrons. The number of nitrogens with one attached hydrogen (secondary N) is 2. The zero-order valence-corrected chi connectivity index (χ0v) is 12.5. The highest BCUT2D eigenvalue weighted by Crippen LogP contribution is 2.26. The van der Waals surface area contributed by atoms with Gasteiger partial charge in [-0.25, -0.2) is 5.43 Å². The predicted molar refractivity (Wildman–Crippen MR) is 89.9 cm³/mol. The number of benzene rings is 1. The summed E-state index contributed by atoms with van der Waals surface area (Å²) in [5.41, 5.74) is 7.59. The van der Waals surface area contributed by atoms with E-state index in [0.717, 1.165) is 27.7 Å². The Morgan fingerprint density at radius 2 is 2.00 bits per heavy atom. The third kappa shape index (κ3) is 2.23. The molecule has 3 heterocycles. The number of fused-ring (bicyclic) bond motifs is 1. The maximum atomic E-state index is 12.2. The Balaban J connectivity index is 1.87. The molecular formula is C18H14N4O. The van der Waals surface area contributed by atoms with Gasteiger partial charge in [0.25, 0.3) is 5.91 Å². The first-order valence-corrected chi connectivity index (χ1v) is 7.32. The molecule has 3 aromatic rings. The number of carbonyl (C=O) groups is 1. The van der Waals surface area contributed by atoms with Crippen molar-refractivity contribution in [3.8, 4) is 0 Å². The topological polar surface area (TPSA) is 70.1 Å². The summed E-state index contributed by atoms with van der Waals surface area (Å²) in [6.45, 7) is 2.00. The van der Waals surface area contributed by atoms with Gasteiger partial charge in [-0.05, 0) is 31.2 Å². The lowest BCUT2D eigenvalue weighted by molar-refractivity contribution is -0.116. The fraction of sp³-hybridized carbons (Fsp3) is 0.0556. The molecule has 1 aromatic carbocycles. The minimum Gasteiger partial charge on any atom is -0.358 e. The Labute approximate surface area is 132 Å². The van der Waals surface area contributed by atoms with Crippen molar-refractivity contribution in [1.82, 2.24) is 15.4 Å². The summed E-state index contributed by atoms with van der Waals surface area (Å²) >= 11 is 0. The molecule has 0 saturated carbocycles. The molecule has 5 heteroatoms. The third-order valence-corrected chi connectivity index (χ3v) is 3.94. The first-order chi connectivity index (χ1) is 11.2. The largest absolute Gasteiger partial charge is 0.358 e. The number of para-hydroxylation sites is 1. The molecule has 2 N–H and O–H groups in total. The monoisotopic (exact) mass is 302 g/mol. The highest BCUT2D eigenvalue weighted by Gasteiger charge is 2.24. The molecule has 5 nitrogen and oxygen atoms in total. The van der Waals surface area contributed by atoms with E-state index in [-0.39, 0.29) is 5.91 Å². The number of rotatable bonds is 2. The van der Waals surface area contributed by atoms with Crippen LogP contribution in [0, 0.1) is 6.92 Å². The van der Waals surface area contributed by atoms with Gasteiger partial charge in [0.15, 0.2) is 0 Å². The van der Waals surface area contributed by atoms with E-state index in [1.54, 1.807) is 12.4 Å². The van der Waals surface area contributed by atoms with Crippen molar-refractivity contribution in [2.24, 2.45) is 5.10 Å². The smallest absolute Gasteiger partial charge is 0.273 e. The molecule has 0 saturated heterocycles. The molecule has 23 heavy (non-hydrogen) atoms. The Morgan fingerprint density at radius 1 is 1.13 bits per heavy atom. The second-order valence-corrected chi connectivity index (χ2v) is 5.41. The molecule has 0 radical (unpaired) electrons. The van der Waals surface area contributed by atoms with Gasteiger partial charge >= 0.3 is 0 Å². The molecule has 0 bridgehead atoms. The Kier molecular flexibility index (Phi) is 3.05. The first kappa shape index (κ1) is 13.5. The van der Waals surface area contributed by atoms with E-state index in [4.69, 9.17) is 0 Å². The number of H-pyrrole nitrogens is 1. The molecule has 0 atom stereocenters. The average Bonchev–Trinajstić information content (AvgIpc) is 3.10. The zero-order valence-electron chi connectivity index (χ0n) is 12.5. The number of carbonyl (C=O) groups excluding carboxylic acids is 1. The normalized spacial score (nSPS) is 16.0. The highest BCUT2D eigenvalue weighted by molar-refractivity contribution is 6.33. The van der Waals surface area contributed by atoms with Crippen molar-refractivity contribution in [3.05, 3.63) is 71.2 Å². The maximum Gasteiger partial charge on any atom is 0.273 e. The Hall–Kier alpha value is -3.21. The van der Waals surface area contributed by atoms with Gasteiger partial charge in [-0.15, -0.1) is 0 Å². The van der Waals surface area contributed by atoms with Crippen LogP contribution in [0.1, 0.15) is 16.8 Å². The van der Waals surface area contributed by atoms with E-state index in [9.17, 15) is 4.79 Å². The van der Waals surface area contributed by atoms with Crippen LogP contribution in [0.4, 0.5) is 0 Å². The number of aromatic nitrogens is 2. The SMILES string of the molecule is Cc1[nH]c2ccccc2c1C=C1C(=O)NN=C1c1cccnc1. The molecule has 2 aromatic heterocycles. The lowest BCUT2D eigenvalue weighted by Crippen LogP contribution is -2.13. The van der Waals surface area contributed by atoms with Crippen LogP contribution >= 0.6 is 0 Å². The van der Waals surface area contributed by atoms with Crippen molar-refractivity contribution in [2.75, 3.05) is 0 Å². The van der Waals surface area contributed by atoms with Crippen molar-refractivity contribution in [3.63, 3.8) is 0 Å². The van der Waals surface area contributed by atoms with Gasteiger partial charge in [-0.3, -0.25) is 9.78 Å². The van der Waals surface area contributed by atoms with Crippen LogP contribution in [0.3, 0.4) is 0 Å². The molecule has 1 aliphatic heterocycles. The third-order valence-electron chi connectivity index (χ3n) is 3.94. The minimum atomic E-state index is -0.200. The van der Waals surface area contributed by atoms with E-state index >= 15 is 0 Å². The van der Waals surface area contributed by atoms with E-state index in [0.29, 0.717) is 11.3 Å². The fourth-order valence-corrected chi connectivity index (χ4v) is 2.82. The minimum absolute atomic E-state index is 0.200. The number of nitrogens with zero attached hydrogens (tertiary/aromatic N) is 2. The molecular weight excluding hydrogens is 288 g/mol. The lowest BCUT2D eigenvalue weighted by atomic mass is 10.0. The number of hydrogen-bond donors (Lipinski definition) is 2. The van der Waals surface area contributed by atoms with E-state index < -0.39 is 0 Å². The number of amides is 1. The summed E-state index contributed by atoms with van der Waals surface area (Å²) in [5, 5.41) is 5.24. The molecule has 0 aliphatic carbocycles. The lowest BCUT2D eigenvalue weighted by Gasteiger charge is -2.01. The standard InChI is InChI=1S/C18H14N4O/c1-11-14(13-6-2-3-7-16(13)20-11)9-15-17(21-22-18(15)23)12-5-4-8-19-10-12/h2-10,20H,1H3,(H,22,23). The summed E-state index contributed by atoms with van der Waals surface area (Å²) < 4.78 is 0. The number of aryl methyl sites for hydroxylation is 1. The molecule has 0 unspecified atom stereocenters. The average molecular weight is 302 g/mol. The predicted octanol–water partition coefficient (Wildman–Crippen LogP) is 2.79. The van der Waals surface area contributed by atoms with Gasteiger partial charge in [0.2, 0.25) is 0 Å². The van der Waals surface area contributed by atoms with Crippen LogP contribution in [-0.4, -0.2) is 21.6 Å². The quantitative estimate of drug-likeness (QED) is 0.715. The van der Waals surface area contributed by atoms with Crippen LogP contribution < -0.4 is 5.43 Å². The van der Waals surface area contributed by atoms with Crippen LogP contribution in [0.25, 0.3) is 17.0 Å². The van der Waals surface area contributed by atoms with Crippen LogP contribution in [0.2, 0.25) is 0 Å². The summed E-state index contributed by atoms with van der Waals surface area (Å²) in [7, 11) is 0. The van der Waals surface area contributed by atoms with Crippen LogP contribution in [0.15, 0.2) is 59.5 Å². The van der Waals surface area contributed by atoms with Crippen LogP contribution in [-0.2, 0) is 4.79 Å². The van der Waals surface area contributed by atoms with Crippen molar-refractivity contribution >= 4 is 28.6 Å². The number of aromatic amines is 1. The summed E-state index contributed by atoms with van der Waals surface area (Å²) in [6.07, 6.45) is 5.29. The molecule has 1 aliphatic rings.